The predicted octanol–water partition coefficient (Wildman–Crippen LogP) is 1.81. The molecule has 0 saturated heterocycles. The molecule has 6 nitrogen and oxygen atoms in total. The Bertz CT molecular complexity index is 532. The first-order chi connectivity index (χ1) is 9.81. The van der Waals surface area contributed by atoms with Gasteiger partial charge in [0, 0.05) is 17.9 Å². The molecular formula is C14H19BrN2O4. The summed E-state index contributed by atoms with van der Waals surface area (Å²) in [6.07, 6.45) is 0. The van der Waals surface area contributed by atoms with Crippen LogP contribution in [0, 0.1) is 0 Å². The first-order valence-electron chi connectivity index (χ1n) is 6.34. The van der Waals surface area contributed by atoms with E-state index in [1.807, 2.05) is 19.0 Å². The lowest BCUT2D eigenvalue weighted by Gasteiger charge is -2.14. The van der Waals surface area contributed by atoms with Crippen molar-refractivity contribution in [2.75, 3.05) is 33.0 Å². The van der Waals surface area contributed by atoms with Crippen molar-refractivity contribution in [3.05, 3.63) is 27.7 Å². The van der Waals surface area contributed by atoms with Gasteiger partial charge in [-0.2, -0.15) is 0 Å². The minimum atomic E-state index is -0.483. The zero-order chi connectivity index (χ0) is 16.0. The molecule has 0 atom stereocenters. The van der Waals surface area contributed by atoms with Gasteiger partial charge in [-0.05, 0) is 47.7 Å². The van der Waals surface area contributed by atoms with E-state index in [0.29, 0.717) is 22.3 Å². The van der Waals surface area contributed by atoms with E-state index in [0.717, 1.165) is 5.56 Å². The summed E-state index contributed by atoms with van der Waals surface area (Å²) < 4.78 is 10.4. The van der Waals surface area contributed by atoms with E-state index >= 15 is 0 Å². The molecule has 1 aromatic rings. The Morgan fingerprint density at radius 1 is 1.24 bits per heavy atom. The van der Waals surface area contributed by atoms with Gasteiger partial charge >= 0.3 is 11.9 Å². The van der Waals surface area contributed by atoms with Crippen LogP contribution in [0.2, 0.25) is 0 Å². The van der Waals surface area contributed by atoms with Gasteiger partial charge in [0.05, 0.1) is 11.3 Å². The summed E-state index contributed by atoms with van der Waals surface area (Å²) in [7, 11) is 3.83. The van der Waals surface area contributed by atoms with Crippen molar-refractivity contribution in [1.82, 2.24) is 4.90 Å². The third-order valence-corrected chi connectivity index (χ3v) is 3.22. The number of esters is 2. The summed E-state index contributed by atoms with van der Waals surface area (Å²) in [4.78, 5) is 24.5. The minimum absolute atomic E-state index is 0.0173. The maximum absolute atomic E-state index is 12.0. The number of anilines is 1. The molecule has 0 aliphatic carbocycles. The molecule has 0 aliphatic heterocycles. The van der Waals surface area contributed by atoms with Gasteiger partial charge < -0.3 is 20.1 Å². The van der Waals surface area contributed by atoms with Crippen LogP contribution in [-0.4, -0.2) is 44.1 Å². The third-order valence-electron chi connectivity index (χ3n) is 2.56. The van der Waals surface area contributed by atoms with E-state index in [2.05, 4.69) is 15.9 Å². The van der Waals surface area contributed by atoms with E-state index in [1.54, 1.807) is 12.1 Å². The molecular weight excluding hydrogens is 340 g/mol. The summed E-state index contributed by atoms with van der Waals surface area (Å²) in [5.74, 6) is -0.891. The van der Waals surface area contributed by atoms with Crippen LogP contribution < -0.4 is 5.73 Å². The highest BCUT2D eigenvalue weighted by Gasteiger charge is 2.13. The van der Waals surface area contributed by atoms with Gasteiger partial charge in [0.15, 0.2) is 0 Å². The van der Waals surface area contributed by atoms with Crippen LogP contribution in [0.4, 0.5) is 5.69 Å². The van der Waals surface area contributed by atoms with Gasteiger partial charge in [-0.1, -0.05) is 0 Å². The molecule has 0 saturated carbocycles. The van der Waals surface area contributed by atoms with Crippen molar-refractivity contribution in [2.24, 2.45) is 0 Å². The standard InChI is InChI=1S/C14H19BrN2O4/c1-9(18)20-4-5-21-14(19)10-6-11(8-17(2)3)13(16)12(15)7-10/h6-7H,4-5,8,16H2,1-3H3. The van der Waals surface area contributed by atoms with Crippen molar-refractivity contribution in [2.45, 2.75) is 13.5 Å². The van der Waals surface area contributed by atoms with Gasteiger partial charge in [0.25, 0.3) is 0 Å². The number of rotatable bonds is 6. The fourth-order valence-electron chi connectivity index (χ4n) is 1.67. The Labute approximate surface area is 132 Å². The SMILES string of the molecule is CC(=O)OCCOC(=O)c1cc(Br)c(N)c(CN(C)C)c1. The zero-order valence-corrected chi connectivity index (χ0v) is 13.9. The molecule has 0 unspecified atom stereocenters. The van der Waals surface area contributed by atoms with Crippen LogP contribution in [-0.2, 0) is 20.8 Å². The molecule has 0 spiro atoms. The van der Waals surface area contributed by atoms with Gasteiger partial charge in [-0.3, -0.25) is 4.79 Å². The smallest absolute Gasteiger partial charge is 0.338 e. The molecule has 0 amide bonds. The number of hydrogen-bond acceptors (Lipinski definition) is 6. The molecule has 0 aliphatic rings. The summed E-state index contributed by atoms with van der Waals surface area (Å²) >= 11 is 3.34. The van der Waals surface area contributed by atoms with Gasteiger partial charge in [-0.15, -0.1) is 0 Å². The molecule has 0 aromatic heterocycles. The topological polar surface area (TPSA) is 81.9 Å². The maximum atomic E-state index is 12.0. The van der Waals surface area contributed by atoms with Crippen molar-refractivity contribution in [3.63, 3.8) is 0 Å². The molecule has 0 bridgehead atoms. The van der Waals surface area contributed by atoms with Crippen LogP contribution in [0.25, 0.3) is 0 Å². The summed E-state index contributed by atoms with van der Waals surface area (Å²) in [5, 5.41) is 0. The van der Waals surface area contributed by atoms with Crippen LogP contribution in [0.15, 0.2) is 16.6 Å². The summed E-state index contributed by atoms with van der Waals surface area (Å²) in [5.41, 5.74) is 7.80. The quantitative estimate of drug-likeness (QED) is 0.474. The second-order valence-electron chi connectivity index (χ2n) is 4.74. The van der Waals surface area contributed by atoms with Gasteiger partial charge in [0.2, 0.25) is 0 Å². The van der Waals surface area contributed by atoms with Crippen LogP contribution in [0.1, 0.15) is 22.8 Å². The number of nitrogens with two attached hydrogens (primary N) is 1. The predicted molar refractivity (Wildman–Crippen MR) is 82.9 cm³/mol. The highest BCUT2D eigenvalue weighted by molar-refractivity contribution is 9.10. The lowest BCUT2D eigenvalue weighted by Crippen LogP contribution is -2.15. The van der Waals surface area contributed by atoms with E-state index in [1.165, 1.54) is 6.92 Å². The van der Waals surface area contributed by atoms with Gasteiger partial charge in [0.1, 0.15) is 13.2 Å². The number of nitrogens with zero attached hydrogens (tertiary/aromatic N) is 1. The molecule has 1 rings (SSSR count). The zero-order valence-electron chi connectivity index (χ0n) is 12.3. The van der Waals surface area contributed by atoms with Crippen LogP contribution in [0.5, 0.6) is 0 Å². The first kappa shape index (κ1) is 17.5. The number of carbonyl (C=O) groups excluding carboxylic acids is 2. The number of hydrogen-bond donors (Lipinski definition) is 1. The highest BCUT2D eigenvalue weighted by atomic mass is 79.9. The molecule has 0 radical (unpaired) electrons. The average molecular weight is 359 g/mol. The average Bonchev–Trinajstić information content (AvgIpc) is 2.38. The molecule has 0 heterocycles. The van der Waals surface area contributed by atoms with Crippen molar-refractivity contribution < 1.29 is 19.1 Å². The van der Waals surface area contributed by atoms with Crippen LogP contribution in [0.3, 0.4) is 0 Å². The maximum Gasteiger partial charge on any atom is 0.338 e. The Morgan fingerprint density at radius 2 is 1.86 bits per heavy atom. The monoisotopic (exact) mass is 358 g/mol. The van der Waals surface area contributed by atoms with Crippen molar-refractivity contribution in [3.8, 4) is 0 Å². The van der Waals surface area contributed by atoms with Crippen molar-refractivity contribution >= 4 is 33.6 Å². The normalized spacial score (nSPS) is 10.5. The first-order valence-corrected chi connectivity index (χ1v) is 7.13. The highest BCUT2D eigenvalue weighted by Crippen LogP contribution is 2.26. The number of ether oxygens (including phenoxy) is 2. The van der Waals surface area contributed by atoms with Crippen molar-refractivity contribution in [1.29, 1.82) is 0 Å². The number of halogens is 1. The van der Waals surface area contributed by atoms with Gasteiger partial charge in [-0.25, -0.2) is 4.79 Å². The molecule has 0 fully saturated rings. The molecule has 116 valence electrons. The fourth-order valence-corrected chi connectivity index (χ4v) is 2.17. The number of benzene rings is 1. The largest absolute Gasteiger partial charge is 0.462 e. The Kier molecular flexibility index (Phi) is 6.64. The molecule has 7 heteroatoms. The minimum Gasteiger partial charge on any atom is -0.462 e. The van der Waals surface area contributed by atoms with E-state index in [4.69, 9.17) is 15.2 Å². The molecule has 1 aromatic carbocycles. The summed E-state index contributed by atoms with van der Waals surface area (Å²) in [6.45, 7) is 1.97. The molecule has 21 heavy (non-hydrogen) atoms. The Morgan fingerprint density at radius 3 is 2.43 bits per heavy atom. The van der Waals surface area contributed by atoms with Crippen LogP contribution >= 0.6 is 15.9 Å². The lowest BCUT2D eigenvalue weighted by molar-refractivity contribution is -0.142. The second kappa shape index (κ2) is 7.99. The Balaban J connectivity index is 2.75. The molecule has 2 N–H and O–H groups in total. The number of nitrogen functional groups attached to an aromatic ring is 1. The van der Waals surface area contributed by atoms with E-state index < -0.39 is 11.9 Å². The van der Waals surface area contributed by atoms with E-state index in [-0.39, 0.29) is 13.2 Å². The third kappa shape index (κ3) is 5.73. The lowest BCUT2D eigenvalue weighted by atomic mass is 10.1. The summed E-state index contributed by atoms with van der Waals surface area (Å²) in [6, 6.07) is 3.32. The Hall–Kier alpha value is -1.60. The van der Waals surface area contributed by atoms with E-state index in [9.17, 15) is 9.59 Å². The number of carbonyl (C=O) groups is 2. The fraction of sp³-hybridized carbons (Fsp3) is 0.429. The second-order valence-corrected chi connectivity index (χ2v) is 5.60.